The van der Waals surface area contributed by atoms with Gasteiger partial charge in [-0.1, -0.05) is 58.0 Å². The Hall–Kier alpha value is -2.95. The molecule has 0 atom stereocenters. The molecule has 2 N–H and O–H groups in total. The monoisotopic (exact) mass is 379 g/mol. The summed E-state index contributed by atoms with van der Waals surface area (Å²) in [6.07, 6.45) is 0.953. The second kappa shape index (κ2) is 9.31. The van der Waals surface area contributed by atoms with Crippen LogP contribution in [0.5, 0.6) is 0 Å². The Kier molecular flexibility index (Phi) is 7.10. The first-order valence-corrected chi connectivity index (χ1v) is 9.52. The van der Waals surface area contributed by atoms with Crippen molar-refractivity contribution >= 4 is 23.2 Å². The van der Waals surface area contributed by atoms with Gasteiger partial charge in [0.2, 0.25) is 5.91 Å². The molecule has 2 aromatic carbocycles. The predicted octanol–water partition coefficient (Wildman–Crippen LogP) is 4.68. The van der Waals surface area contributed by atoms with Crippen molar-refractivity contribution in [2.45, 2.75) is 52.9 Å². The molecule has 0 aromatic heterocycles. The molecule has 28 heavy (non-hydrogen) atoms. The number of anilines is 1. The number of benzene rings is 2. The molecule has 0 aliphatic heterocycles. The van der Waals surface area contributed by atoms with Crippen molar-refractivity contribution in [3.8, 4) is 0 Å². The van der Waals surface area contributed by atoms with Crippen molar-refractivity contribution in [3.05, 3.63) is 65.2 Å². The highest BCUT2D eigenvalue weighted by Crippen LogP contribution is 2.22. The molecule has 5 nitrogen and oxygen atoms in total. The molecule has 2 aromatic rings. The lowest BCUT2D eigenvalue weighted by Crippen LogP contribution is -2.22. The lowest BCUT2D eigenvalue weighted by Gasteiger charge is -2.18. The van der Waals surface area contributed by atoms with Crippen LogP contribution in [0.15, 0.2) is 53.6 Å². The van der Waals surface area contributed by atoms with Crippen molar-refractivity contribution in [1.82, 2.24) is 5.43 Å². The number of amides is 2. The van der Waals surface area contributed by atoms with Crippen LogP contribution in [-0.2, 0) is 16.6 Å². The number of hydrogen-bond donors (Lipinski definition) is 2. The third kappa shape index (κ3) is 6.05. The van der Waals surface area contributed by atoms with Crippen LogP contribution in [0, 0.1) is 0 Å². The van der Waals surface area contributed by atoms with Crippen LogP contribution in [0.2, 0.25) is 0 Å². The number of hydrazone groups is 1. The van der Waals surface area contributed by atoms with Gasteiger partial charge < -0.3 is 5.32 Å². The third-order valence-electron chi connectivity index (χ3n) is 4.45. The highest BCUT2D eigenvalue weighted by Gasteiger charge is 2.14. The molecule has 148 valence electrons. The zero-order valence-corrected chi connectivity index (χ0v) is 17.3. The number of carbonyl (C=O) groups is 2. The number of aryl methyl sites for hydroxylation is 1. The summed E-state index contributed by atoms with van der Waals surface area (Å²) < 4.78 is 0. The van der Waals surface area contributed by atoms with E-state index in [4.69, 9.17) is 0 Å². The Balaban J connectivity index is 1.92. The highest BCUT2D eigenvalue weighted by molar-refractivity contribution is 6.06. The van der Waals surface area contributed by atoms with E-state index in [2.05, 4.69) is 36.6 Å². The quantitative estimate of drug-likeness (QED) is 0.565. The van der Waals surface area contributed by atoms with Gasteiger partial charge in [0.05, 0.1) is 6.42 Å². The summed E-state index contributed by atoms with van der Waals surface area (Å²) in [4.78, 5) is 24.5. The fourth-order valence-electron chi connectivity index (χ4n) is 2.75. The number of hydrogen-bond acceptors (Lipinski definition) is 3. The van der Waals surface area contributed by atoms with Gasteiger partial charge in [-0.25, -0.2) is 5.43 Å². The van der Waals surface area contributed by atoms with Gasteiger partial charge in [0.15, 0.2) is 0 Å². The van der Waals surface area contributed by atoms with E-state index in [0.717, 1.165) is 23.2 Å². The van der Waals surface area contributed by atoms with Gasteiger partial charge in [-0.15, -0.1) is 0 Å². The average molecular weight is 380 g/mol. The Morgan fingerprint density at radius 2 is 1.64 bits per heavy atom. The first kappa shape index (κ1) is 21.4. The fraction of sp³-hybridized carbons (Fsp3) is 0.348. The summed E-state index contributed by atoms with van der Waals surface area (Å²) in [7, 11) is 0. The number of carbonyl (C=O) groups excluding carboxylic acids is 2. The average Bonchev–Trinajstić information content (AvgIpc) is 2.66. The van der Waals surface area contributed by atoms with Crippen LogP contribution in [0.3, 0.4) is 0 Å². The van der Waals surface area contributed by atoms with Crippen molar-refractivity contribution in [1.29, 1.82) is 0 Å². The van der Waals surface area contributed by atoms with Crippen LogP contribution in [-0.4, -0.2) is 17.5 Å². The molecule has 0 saturated carbocycles. The van der Waals surface area contributed by atoms with Gasteiger partial charge in [-0.2, -0.15) is 5.10 Å². The van der Waals surface area contributed by atoms with Crippen LogP contribution >= 0.6 is 0 Å². The topological polar surface area (TPSA) is 70.6 Å². The molecule has 0 aliphatic carbocycles. The number of para-hydroxylation sites is 1. The summed E-state index contributed by atoms with van der Waals surface area (Å²) in [5, 5.41) is 6.95. The zero-order chi connectivity index (χ0) is 20.7. The van der Waals surface area contributed by atoms with Gasteiger partial charge in [0.1, 0.15) is 0 Å². The molecule has 0 saturated heterocycles. The highest BCUT2D eigenvalue weighted by atomic mass is 16.2. The minimum Gasteiger partial charge on any atom is -0.326 e. The third-order valence-corrected chi connectivity index (χ3v) is 4.45. The lowest BCUT2D eigenvalue weighted by atomic mass is 9.87. The molecule has 0 heterocycles. The van der Waals surface area contributed by atoms with Gasteiger partial charge >= 0.3 is 0 Å². The minimum atomic E-state index is -0.295. The summed E-state index contributed by atoms with van der Waals surface area (Å²) in [5.74, 6) is -0.456. The van der Waals surface area contributed by atoms with E-state index in [-0.39, 0.29) is 23.7 Å². The molecule has 0 spiro atoms. The lowest BCUT2D eigenvalue weighted by molar-refractivity contribution is -0.115. The molecule has 0 radical (unpaired) electrons. The molecular weight excluding hydrogens is 350 g/mol. The summed E-state index contributed by atoms with van der Waals surface area (Å²) >= 11 is 0. The number of rotatable bonds is 6. The second-order valence-corrected chi connectivity index (χ2v) is 7.85. The van der Waals surface area contributed by atoms with E-state index in [0.29, 0.717) is 11.3 Å². The zero-order valence-electron chi connectivity index (χ0n) is 17.3. The first-order valence-electron chi connectivity index (χ1n) is 9.52. The molecule has 0 fully saturated rings. The van der Waals surface area contributed by atoms with Crippen molar-refractivity contribution in [3.63, 3.8) is 0 Å². The van der Waals surface area contributed by atoms with Gasteiger partial charge in [-0.05, 0) is 48.1 Å². The molecule has 5 heteroatoms. The molecular formula is C23H29N3O2. The Bertz CT molecular complexity index is 862. The molecule has 2 amide bonds. The van der Waals surface area contributed by atoms with Crippen LogP contribution in [0.4, 0.5) is 5.69 Å². The maximum absolute atomic E-state index is 12.3. The van der Waals surface area contributed by atoms with E-state index < -0.39 is 0 Å². The van der Waals surface area contributed by atoms with Crippen molar-refractivity contribution in [2.75, 3.05) is 5.32 Å². The number of nitrogens with one attached hydrogen (secondary N) is 2. The second-order valence-electron chi connectivity index (χ2n) is 7.85. The van der Waals surface area contributed by atoms with Crippen molar-refractivity contribution < 1.29 is 9.59 Å². The molecule has 0 bridgehead atoms. The molecule has 0 unspecified atom stereocenters. The molecule has 2 rings (SSSR count). The fourth-order valence-corrected chi connectivity index (χ4v) is 2.75. The van der Waals surface area contributed by atoms with E-state index in [1.807, 2.05) is 43.3 Å². The van der Waals surface area contributed by atoms with Gasteiger partial charge in [-0.3, -0.25) is 9.59 Å². The maximum Gasteiger partial charge on any atom is 0.271 e. The maximum atomic E-state index is 12.3. The van der Waals surface area contributed by atoms with Gasteiger partial charge in [0.25, 0.3) is 5.91 Å². The van der Waals surface area contributed by atoms with Crippen LogP contribution in [0.1, 0.15) is 62.5 Å². The Labute approximate surface area is 167 Å². The van der Waals surface area contributed by atoms with E-state index in [9.17, 15) is 9.59 Å². The van der Waals surface area contributed by atoms with E-state index in [1.54, 1.807) is 19.1 Å². The van der Waals surface area contributed by atoms with Crippen molar-refractivity contribution in [2.24, 2.45) is 5.10 Å². The Morgan fingerprint density at radius 3 is 2.25 bits per heavy atom. The largest absolute Gasteiger partial charge is 0.326 e. The van der Waals surface area contributed by atoms with Gasteiger partial charge in [0, 0.05) is 17.0 Å². The van der Waals surface area contributed by atoms with E-state index in [1.165, 1.54) is 0 Å². The summed E-state index contributed by atoms with van der Waals surface area (Å²) in [5.41, 5.74) is 6.67. The SMILES string of the molecule is CCc1ccccc1NC(=O)C/C(C)=N/NC(=O)c1ccc(C(C)(C)C)cc1. The number of nitrogens with zero attached hydrogens (tertiary/aromatic N) is 1. The van der Waals surface area contributed by atoms with Crippen LogP contribution < -0.4 is 10.7 Å². The summed E-state index contributed by atoms with van der Waals surface area (Å²) in [6.45, 7) is 10.1. The molecule has 0 aliphatic rings. The first-order chi connectivity index (χ1) is 13.2. The smallest absolute Gasteiger partial charge is 0.271 e. The minimum absolute atomic E-state index is 0.0352. The normalized spacial score (nSPS) is 11.8. The standard InChI is InChI=1S/C23H29N3O2/c1-6-17-9-7-8-10-20(17)24-21(27)15-16(2)25-26-22(28)18-11-13-19(14-12-18)23(3,4)5/h7-14H,6,15H2,1-5H3,(H,24,27)(H,26,28)/b25-16+. The summed E-state index contributed by atoms with van der Waals surface area (Å²) in [6, 6.07) is 15.2. The predicted molar refractivity (Wildman–Crippen MR) is 115 cm³/mol. The Morgan fingerprint density at radius 1 is 1.00 bits per heavy atom. The van der Waals surface area contributed by atoms with Crippen LogP contribution in [0.25, 0.3) is 0 Å². The van der Waals surface area contributed by atoms with E-state index >= 15 is 0 Å².